The van der Waals surface area contributed by atoms with E-state index in [9.17, 15) is 5.11 Å². The predicted molar refractivity (Wildman–Crippen MR) is 80.9 cm³/mol. The zero-order chi connectivity index (χ0) is 14.2. The molecule has 0 saturated carbocycles. The number of aliphatic hydroxyl groups is 1. The van der Waals surface area contributed by atoms with E-state index in [0.29, 0.717) is 0 Å². The van der Waals surface area contributed by atoms with Crippen LogP contribution in [0.3, 0.4) is 0 Å². The first-order valence-corrected chi connectivity index (χ1v) is 7.91. The maximum atomic E-state index is 10.7. The summed E-state index contributed by atoms with van der Waals surface area (Å²) in [5.41, 5.74) is -0.0134. The average molecular weight is 257 g/mol. The molecule has 0 aliphatic rings. The van der Waals surface area contributed by atoms with Crippen molar-refractivity contribution in [2.24, 2.45) is 5.92 Å². The van der Waals surface area contributed by atoms with Crippen LogP contribution in [-0.2, 0) is 0 Å². The zero-order valence-electron chi connectivity index (χ0n) is 13.5. The molecule has 1 N–H and O–H groups in total. The van der Waals surface area contributed by atoms with Gasteiger partial charge in [-0.3, -0.25) is 4.90 Å². The molecule has 1 unspecified atom stereocenters. The standard InChI is InChI=1S/C16H35NO/c1-7-16(8-2,17(9-3)10-4)15(18)13-11-12-14(5)6/h14-15,18H,7-13H2,1-6H3. The highest BCUT2D eigenvalue weighted by atomic mass is 16.3. The van der Waals surface area contributed by atoms with E-state index in [2.05, 4.69) is 46.4 Å². The molecule has 0 bridgehead atoms. The Bertz CT molecular complexity index is 195. The van der Waals surface area contributed by atoms with Crippen LogP contribution in [0.1, 0.15) is 73.6 Å². The molecule has 0 saturated heterocycles. The maximum Gasteiger partial charge on any atom is 0.0723 e. The number of likely N-dealkylation sites (N-methyl/N-ethyl adjacent to an activating group) is 1. The maximum absolute atomic E-state index is 10.7. The van der Waals surface area contributed by atoms with Gasteiger partial charge < -0.3 is 5.11 Å². The quantitative estimate of drug-likeness (QED) is 0.637. The molecular weight excluding hydrogens is 222 g/mol. The predicted octanol–water partition coefficient (Wildman–Crippen LogP) is 4.07. The number of rotatable bonds is 10. The monoisotopic (exact) mass is 257 g/mol. The second-order valence-electron chi connectivity index (χ2n) is 5.82. The molecule has 2 heteroatoms. The molecule has 18 heavy (non-hydrogen) atoms. The summed E-state index contributed by atoms with van der Waals surface area (Å²) in [4.78, 5) is 2.45. The molecule has 0 amide bonds. The lowest BCUT2D eigenvalue weighted by atomic mass is 9.81. The second kappa shape index (κ2) is 8.92. The molecule has 0 aliphatic carbocycles. The van der Waals surface area contributed by atoms with E-state index in [4.69, 9.17) is 0 Å². The van der Waals surface area contributed by atoms with Gasteiger partial charge in [-0.15, -0.1) is 0 Å². The zero-order valence-corrected chi connectivity index (χ0v) is 13.5. The van der Waals surface area contributed by atoms with Gasteiger partial charge in [0, 0.05) is 5.54 Å². The Labute approximate surface area is 115 Å². The van der Waals surface area contributed by atoms with Crippen molar-refractivity contribution in [2.45, 2.75) is 85.3 Å². The van der Waals surface area contributed by atoms with Crippen LogP contribution >= 0.6 is 0 Å². The molecule has 0 aliphatic heterocycles. The largest absolute Gasteiger partial charge is 0.391 e. The Morgan fingerprint density at radius 2 is 1.44 bits per heavy atom. The Balaban J connectivity index is 4.64. The first kappa shape index (κ1) is 17.9. The molecule has 0 aromatic carbocycles. The van der Waals surface area contributed by atoms with Crippen LogP contribution < -0.4 is 0 Å². The Kier molecular flexibility index (Phi) is 8.89. The van der Waals surface area contributed by atoms with Crippen molar-refractivity contribution in [3.63, 3.8) is 0 Å². The average Bonchev–Trinajstić information content (AvgIpc) is 2.35. The van der Waals surface area contributed by atoms with Crippen molar-refractivity contribution in [3.8, 4) is 0 Å². The molecule has 1 atom stereocenters. The van der Waals surface area contributed by atoms with Crippen LogP contribution in [0.2, 0.25) is 0 Å². The minimum Gasteiger partial charge on any atom is -0.391 e. The minimum atomic E-state index is -0.189. The van der Waals surface area contributed by atoms with Crippen LogP contribution in [0, 0.1) is 5.92 Å². The van der Waals surface area contributed by atoms with Crippen LogP contribution in [0.25, 0.3) is 0 Å². The molecule has 0 spiro atoms. The summed E-state index contributed by atoms with van der Waals surface area (Å²) in [5.74, 6) is 0.739. The topological polar surface area (TPSA) is 23.5 Å². The van der Waals surface area contributed by atoms with E-state index in [0.717, 1.165) is 44.7 Å². The van der Waals surface area contributed by atoms with Crippen molar-refractivity contribution < 1.29 is 5.11 Å². The van der Waals surface area contributed by atoms with E-state index in [-0.39, 0.29) is 11.6 Å². The van der Waals surface area contributed by atoms with Gasteiger partial charge in [-0.2, -0.15) is 0 Å². The number of hydrogen-bond acceptors (Lipinski definition) is 2. The summed E-state index contributed by atoms with van der Waals surface area (Å²) >= 11 is 0. The fourth-order valence-electron chi connectivity index (χ4n) is 3.22. The highest BCUT2D eigenvalue weighted by Gasteiger charge is 2.38. The molecule has 2 nitrogen and oxygen atoms in total. The van der Waals surface area contributed by atoms with Gasteiger partial charge in [0.15, 0.2) is 0 Å². The van der Waals surface area contributed by atoms with Gasteiger partial charge in [0.05, 0.1) is 6.10 Å². The lowest BCUT2D eigenvalue weighted by Crippen LogP contribution is -2.56. The lowest BCUT2D eigenvalue weighted by molar-refractivity contribution is -0.0397. The fraction of sp³-hybridized carbons (Fsp3) is 1.00. The summed E-state index contributed by atoms with van der Waals surface area (Å²) in [6.07, 6.45) is 5.19. The van der Waals surface area contributed by atoms with Crippen LogP contribution in [0.15, 0.2) is 0 Å². The van der Waals surface area contributed by atoms with Crippen molar-refractivity contribution in [1.29, 1.82) is 0 Å². The van der Waals surface area contributed by atoms with Crippen molar-refractivity contribution in [1.82, 2.24) is 4.90 Å². The minimum absolute atomic E-state index is 0.0134. The summed E-state index contributed by atoms with van der Waals surface area (Å²) < 4.78 is 0. The third kappa shape index (κ3) is 4.55. The molecule has 0 aromatic rings. The van der Waals surface area contributed by atoms with Gasteiger partial charge in [0.2, 0.25) is 0 Å². The van der Waals surface area contributed by atoms with Gasteiger partial charge in [-0.1, -0.05) is 54.4 Å². The smallest absolute Gasteiger partial charge is 0.0723 e. The van der Waals surface area contributed by atoms with Gasteiger partial charge in [0.25, 0.3) is 0 Å². The number of nitrogens with zero attached hydrogens (tertiary/aromatic N) is 1. The summed E-state index contributed by atoms with van der Waals surface area (Å²) in [6.45, 7) is 15.4. The Morgan fingerprint density at radius 1 is 0.944 bits per heavy atom. The highest BCUT2D eigenvalue weighted by molar-refractivity contribution is 4.94. The van der Waals surface area contributed by atoms with Gasteiger partial charge in [-0.05, 0) is 38.3 Å². The second-order valence-corrected chi connectivity index (χ2v) is 5.82. The van der Waals surface area contributed by atoms with Crippen LogP contribution in [0.4, 0.5) is 0 Å². The van der Waals surface area contributed by atoms with Crippen molar-refractivity contribution in [2.75, 3.05) is 13.1 Å². The van der Waals surface area contributed by atoms with Crippen molar-refractivity contribution >= 4 is 0 Å². The molecule has 0 heterocycles. The third-order valence-electron chi connectivity index (χ3n) is 4.50. The van der Waals surface area contributed by atoms with Crippen molar-refractivity contribution in [3.05, 3.63) is 0 Å². The van der Waals surface area contributed by atoms with E-state index < -0.39 is 0 Å². The number of aliphatic hydroxyl groups excluding tert-OH is 1. The van der Waals surface area contributed by atoms with Gasteiger partial charge in [-0.25, -0.2) is 0 Å². The summed E-state index contributed by atoms with van der Waals surface area (Å²) in [5, 5.41) is 10.7. The molecule has 0 fully saturated rings. The first-order valence-electron chi connectivity index (χ1n) is 7.91. The lowest BCUT2D eigenvalue weighted by Gasteiger charge is -2.46. The molecule has 0 aromatic heterocycles. The molecule has 0 rings (SSSR count). The SMILES string of the molecule is CCN(CC)C(CC)(CC)C(O)CCCC(C)C. The molecule has 0 radical (unpaired) electrons. The van der Waals surface area contributed by atoms with E-state index in [1.807, 2.05) is 0 Å². The van der Waals surface area contributed by atoms with E-state index >= 15 is 0 Å². The molecular formula is C16H35NO. The Hall–Kier alpha value is -0.0800. The molecule has 110 valence electrons. The van der Waals surface area contributed by atoms with E-state index in [1.54, 1.807) is 0 Å². The highest BCUT2D eigenvalue weighted by Crippen LogP contribution is 2.30. The van der Waals surface area contributed by atoms with Crippen LogP contribution in [-0.4, -0.2) is 34.7 Å². The normalized spacial score (nSPS) is 14.5. The first-order chi connectivity index (χ1) is 8.48. The Morgan fingerprint density at radius 3 is 1.78 bits per heavy atom. The van der Waals surface area contributed by atoms with Crippen LogP contribution in [0.5, 0.6) is 0 Å². The van der Waals surface area contributed by atoms with E-state index in [1.165, 1.54) is 6.42 Å². The third-order valence-corrected chi connectivity index (χ3v) is 4.50. The fourth-order valence-corrected chi connectivity index (χ4v) is 3.22. The summed E-state index contributed by atoms with van der Waals surface area (Å²) in [6, 6.07) is 0. The van der Waals surface area contributed by atoms with Gasteiger partial charge >= 0.3 is 0 Å². The summed E-state index contributed by atoms with van der Waals surface area (Å²) in [7, 11) is 0. The number of hydrogen-bond donors (Lipinski definition) is 1. The van der Waals surface area contributed by atoms with Gasteiger partial charge in [0.1, 0.15) is 0 Å².